The minimum atomic E-state index is -0.00477. The molecule has 0 aliphatic carbocycles. The normalized spacial score (nSPS) is 18.0. The molecule has 22 heavy (non-hydrogen) atoms. The highest BCUT2D eigenvalue weighted by Crippen LogP contribution is 2.16. The number of likely N-dealkylation sites (N-methyl/N-ethyl adjacent to an activating group) is 1. The van der Waals surface area contributed by atoms with Gasteiger partial charge in [-0.3, -0.25) is 4.79 Å². The number of aryl methyl sites for hydroxylation is 2. The van der Waals surface area contributed by atoms with Crippen molar-refractivity contribution in [2.75, 3.05) is 40.3 Å². The van der Waals surface area contributed by atoms with Crippen molar-refractivity contribution in [3.05, 3.63) is 23.3 Å². The SMILES string of the molecule is Cc1ncc(C(=O)N(CCN(C)C)C[C@@H]2CCCO2)c(C)n1. The number of aromatic nitrogens is 2. The summed E-state index contributed by atoms with van der Waals surface area (Å²) in [5.74, 6) is 0.683. The van der Waals surface area contributed by atoms with Gasteiger partial charge in [0, 0.05) is 32.4 Å². The lowest BCUT2D eigenvalue weighted by molar-refractivity contribution is 0.0511. The molecule has 1 aliphatic heterocycles. The van der Waals surface area contributed by atoms with Crippen LogP contribution < -0.4 is 0 Å². The van der Waals surface area contributed by atoms with E-state index in [2.05, 4.69) is 14.9 Å². The van der Waals surface area contributed by atoms with Crippen LogP contribution in [-0.4, -0.2) is 72.1 Å². The fourth-order valence-electron chi connectivity index (χ4n) is 2.59. The van der Waals surface area contributed by atoms with E-state index in [1.54, 1.807) is 6.20 Å². The van der Waals surface area contributed by atoms with Gasteiger partial charge in [-0.1, -0.05) is 0 Å². The van der Waals surface area contributed by atoms with E-state index in [0.717, 1.165) is 31.7 Å². The fourth-order valence-corrected chi connectivity index (χ4v) is 2.59. The highest BCUT2D eigenvalue weighted by Gasteiger charge is 2.24. The van der Waals surface area contributed by atoms with Gasteiger partial charge in [0.05, 0.1) is 17.4 Å². The molecule has 0 unspecified atom stereocenters. The number of amides is 1. The second-order valence-corrected chi connectivity index (χ2v) is 6.11. The molecular formula is C16H26N4O2. The Kier molecular flexibility index (Phi) is 5.85. The van der Waals surface area contributed by atoms with Crippen LogP contribution in [0.25, 0.3) is 0 Å². The highest BCUT2D eigenvalue weighted by atomic mass is 16.5. The summed E-state index contributed by atoms with van der Waals surface area (Å²) in [4.78, 5) is 25.3. The summed E-state index contributed by atoms with van der Waals surface area (Å²) in [6.45, 7) is 6.63. The fraction of sp³-hybridized carbons (Fsp3) is 0.688. The van der Waals surface area contributed by atoms with Crippen molar-refractivity contribution in [2.45, 2.75) is 32.8 Å². The maximum absolute atomic E-state index is 12.8. The topological polar surface area (TPSA) is 58.6 Å². The maximum atomic E-state index is 12.8. The summed E-state index contributed by atoms with van der Waals surface area (Å²) in [7, 11) is 4.02. The molecule has 2 heterocycles. The molecule has 1 aromatic heterocycles. The van der Waals surface area contributed by atoms with Crippen LogP contribution in [0.3, 0.4) is 0 Å². The predicted molar refractivity (Wildman–Crippen MR) is 84.9 cm³/mol. The number of rotatable bonds is 6. The van der Waals surface area contributed by atoms with E-state index in [1.165, 1.54) is 0 Å². The van der Waals surface area contributed by atoms with Crippen molar-refractivity contribution in [1.29, 1.82) is 0 Å². The van der Waals surface area contributed by atoms with E-state index in [-0.39, 0.29) is 12.0 Å². The van der Waals surface area contributed by atoms with E-state index in [9.17, 15) is 4.79 Å². The van der Waals surface area contributed by atoms with Gasteiger partial charge in [-0.05, 0) is 40.8 Å². The summed E-state index contributed by atoms with van der Waals surface area (Å²) < 4.78 is 5.69. The van der Waals surface area contributed by atoms with Gasteiger partial charge in [0.25, 0.3) is 5.91 Å². The molecule has 1 atom stereocenters. The Balaban J connectivity index is 2.12. The number of nitrogens with zero attached hydrogens (tertiary/aromatic N) is 4. The first kappa shape index (κ1) is 16.8. The molecule has 0 bridgehead atoms. The van der Waals surface area contributed by atoms with Crippen LogP contribution in [0.1, 0.15) is 34.7 Å². The first-order valence-corrected chi connectivity index (χ1v) is 7.83. The molecule has 0 aromatic carbocycles. The molecule has 1 saturated heterocycles. The first-order chi connectivity index (χ1) is 10.5. The third kappa shape index (κ3) is 4.48. The van der Waals surface area contributed by atoms with Crippen molar-refractivity contribution in [1.82, 2.24) is 19.8 Å². The molecule has 0 spiro atoms. The largest absolute Gasteiger partial charge is 0.376 e. The van der Waals surface area contributed by atoms with Crippen molar-refractivity contribution >= 4 is 5.91 Å². The quantitative estimate of drug-likeness (QED) is 0.792. The zero-order valence-electron chi connectivity index (χ0n) is 14.0. The lowest BCUT2D eigenvalue weighted by Crippen LogP contribution is -2.41. The van der Waals surface area contributed by atoms with Crippen LogP contribution >= 0.6 is 0 Å². The van der Waals surface area contributed by atoms with Crippen LogP contribution in [0.5, 0.6) is 0 Å². The van der Waals surface area contributed by atoms with Crippen molar-refractivity contribution in [2.24, 2.45) is 0 Å². The minimum Gasteiger partial charge on any atom is -0.376 e. The van der Waals surface area contributed by atoms with Crippen LogP contribution in [-0.2, 0) is 4.74 Å². The summed E-state index contributed by atoms with van der Waals surface area (Å²) in [6.07, 6.45) is 3.89. The number of hydrogen-bond donors (Lipinski definition) is 0. The van der Waals surface area contributed by atoms with Gasteiger partial charge in [0.1, 0.15) is 5.82 Å². The number of hydrogen-bond acceptors (Lipinski definition) is 5. The number of carbonyl (C=O) groups is 1. The summed E-state index contributed by atoms with van der Waals surface area (Å²) in [5.41, 5.74) is 1.32. The standard InChI is InChI=1S/C16H26N4O2/c1-12-15(10-17-13(2)18-12)16(21)20(8-7-19(3)4)11-14-6-5-9-22-14/h10,14H,5-9,11H2,1-4H3/t14-/m0/s1. The lowest BCUT2D eigenvalue weighted by Gasteiger charge is -2.27. The monoisotopic (exact) mass is 306 g/mol. The van der Waals surface area contributed by atoms with Crippen LogP contribution in [0, 0.1) is 13.8 Å². The van der Waals surface area contributed by atoms with Crippen molar-refractivity contribution in [3.63, 3.8) is 0 Å². The van der Waals surface area contributed by atoms with E-state index in [4.69, 9.17) is 4.74 Å². The van der Waals surface area contributed by atoms with Gasteiger partial charge in [-0.2, -0.15) is 0 Å². The summed E-state index contributed by atoms with van der Waals surface area (Å²) in [6, 6.07) is 0. The average Bonchev–Trinajstić information content (AvgIpc) is 2.95. The molecule has 0 saturated carbocycles. The Morgan fingerprint density at radius 2 is 2.14 bits per heavy atom. The predicted octanol–water partition coefficient (Wildman–Crippen LogP) is 1.28. The Hall–Kier alpha value is -1.53. The molecule has 6 heteroatoms. The minimum absolute atomic E-state index is 0.00477. The van der Waals surface area contributed by atoms with Crippen LogP contribution in [0.2, 0.25) is 0 Å². The Bertz CT molecular complexity index is 513. The van der Waals surface area contributed by atoms with E-state index in [1.807, 2.05) is 32.8 Å². The lowest BCUT2D eigenvalue weighted by atomic mass is 10.1. The Morgan fingerprint density at radius 1 is 1.36 bits per heavy atom. The van der Waals surface area contributed by atoms with Gasteiger partial charge < -0.3 is 14.5 Å². The van der Waals surface area contributed by atoms with Crippen LogP contribution in [0.15, 0.2) is 6.20 Å². The van der Waals surface area contributed by atoms with Gasteiger partial charge in [0.15, 0.2) is 0 Å². The zero-order chi connectivity index (χ0) is 16.1. The third-order valence-corrected chi connectivity index (χ3v) is 3.88. The third-order valence-electron chi connectivity index (χ3n) is 3.88. The van der Waals surface area contributed by atoms with E-state index in [0.29, 0.717) is 24.5 Å². The number of carbonyl (C=O) groups excluding carboxylic acids is 1. The van der Waals surface area contributed by atoms with Crippen molar-refractivity contribution < 1.29 is 9.53 Å². The molecule has 0 radical (unpaired) electrons. The van der Waals surface area contributed by atoms with E-state index >= 15 is 0 Å². The molecule has 122 valence electrons. The van der Waals surface area contributed by atoms with Crippen LogP contribution in [0.4, 0.5) is 0 Å². The molecule has 1 aliphatic rings. The maximum Gasteiger partial charge on any atom is 0.257 e. The van der Waals surface area contributed by atoms with E-state index < -0.39 is 0 Å². The average molecular weight is 306 g/mol. The molecule has 1 amide bonds. The summed E-state index contributed by atoms with van der Waals surface area (Å²) >= 11 is 0. The Labute approximate surface area is 132 Å². The zero-order valence-corrected chi connectivity index (χ0v) is 14.0. The van der Waals surface area contributed by atoms with Gasteiger partial charge in [-0.25, -0.2) is 9.97 Å². The molecule has 1 fully saturated rings. The van der Waals surface area contributed by atoms with Crippen molar-refractivity contribution in [3.8, 4) is 0 Å². The Morgan fingerprint density at radius 3 is 2.73 bits per heavy atom. The molecule has 6 nitrogen and oxygen atoms in total. The second-order valence-electron chi connectivity index (χ2n) is 6.11. The van der Waals surface area contributed by atoms with Gasteiger partial charge >= 0.3 is 0 Å². The molecular weight excluding hydrogens is 280 g/mol. The molecule has 0 N–H and O–H groups in total. The molecule has 1 aromatic rings. The second kappa shape index (κ2) is 7.65. The highest BCUT2D eigenvalue weighted by molar-refractivity contribution is 5.95. The van der Waals surface area contributed by atoms with Gasteiger partial charge in [0.2, 0.25) is 0 Å². The number of ether oxygens (including phenoxy) is 1. The molecule has 2 rings (SSSR count). The summed E-state index contributed by atoms with van der Waals surface area (Å²) in [5, 5.41) is 0. The first-order valence-electron chi connectivity index (χ1n) is 7.83. The van der Waals surface area contributed by atoms with Gasteiger partial charge in [-0.15, -0.1) is 0 Å². The smallest absolute Gasteiger partial charge is 0.257 e.